The minimum atomic E-state index is 0.589. The van der Waals surface area contributed by atoms with Crippen LogP contribution in [0.5, 0.6) is 5.75 Å². The van der Waals surface area contributed by atoms with E-state index >= 15 is 0 Å². The highest BCUT2D eigenvalue weighted by molar-refractivity contribution is 5.45. The van der Waals surface area contributed by atoms with Crippen molar-refractivity contribution in [1.29, 1.82) is 5.26 Å². The summed E-state index contributed by atoms with van der Waals surface area (Å²) in [7, 11) is 1.59. The van der Waals surface area contributed by atoms with Gasteiger partial charge in [-0.1, -0.05) is 43.3 Å². The second-order valence-electron chi connectivity index (χ2n) is 4.94. The van der Waals surface area contributed by atoms with Crippen LogP contribution in [0.25, 0.3) is 0 Å². The van der Waals surface area contributed by atoms with Gasteiger partial charge >= 0.3 is 0 Å². The van der Waals surface area contributed by atoms with Crippen LogP contribution < -0.4 is 4.74 Å². The first-order valence-electron chi connectivity index (χ1n) is 7.10. The Balaban J connectivity index is 2.10. The third-order valence-electron chi connectivity index (χ3n) is 3.49. The molecular weight excluding hydrogens is 260 g/mol. The first kappa shape index (κ1) is 15.1. The lowest BCUT2D eigenvalue weighted by Crippen LogP contribution is -2.22. The molecule has 3 heteroatoms. The Morgan fingerprint density at radius 2 is 1.76 bits per heavy atom. The minimum absolute atomic E-state index is 0.589. The maximum Gasteiger partial charge on any atom is 0.136 e. The lowest BCUT2D eigenvalue weighted by Gasteiger charge is -2.21. The van der Waals surface area contributed by atoms with E-state index in [4.69, 9.17) is 10.00 Å². The van der Waals surface area contributed by atoms with Crippen molar-refractivity contribution in [2.24, 2.45) is 0 Å². The van der Waals surface area contributed by atoms with E-state index in [9.17, 15) is 0 Å². The number of nitrogens with zero attached hydrogens (tertiary/aromatic N) is 2. The zero-order valence-corrected chi connectivity index (χ0v) is 12.5. The fraction of sp³-hybridized carbons (Fsp3) is 0.278. The molecule has 108 valence electrons. The van der Waals surface area contributed by atoms with Crippen molar-refractivity contribution in [3.05, 3.63) is 65.2 Å². The number of hydrogen-bond acceptors (Lipinski definition) is 3. The van der Waals surface area contributed by atoms with Crippen molar-refractivity contribution in [3.8, 4) is 11.8 Å². The Hall–Kier alpha value is -2.31. The first-order chi connectivity index (χ1) is 10.3. The molecule has 0 aliphatic carbocycles. The van der Waals surface area contributed by atoms with Gasteiger partial charge in [-0.05, 0) is 29.8 Å². The highest BCUT2D eigenvalue weighted by Gasteiger charge is 2.08. The van der Waals surface area contributed by atoms with Gasteiger partial charge in [0.25, 0.3) is 0 Å². The summed E-state index contributed by atoms with van der Waals surface area (Å²) in [5.41, 5.74) is 3.02. The number of rotatable bonds is 6. The molecule has 0 spiro atoms. The van der Waals surface area contributed by atoms with E-state index in [0.717, 1.165) is 25.2 Å². The third-order valence-corrected chi connectivity index (χ3v) is 3.49. The third kappa shape index (κ3) is 4.08. The van der Waals surface area contributed by atoms with Crippen LogP contribution in [0.15, 0.2) is 48.5 Å². The second kappa shape index (κ2) is 7.47. The molecule has 0 aliphatic rings. The number of methoxy groups -OCH3 is 1. The van der Waals surface area contributed by atoms with Crippen molar-refractivity contribution < 1.29 is 4.74 Å². The van der Waals surface area contributed by atoms with Gasteiger partial charge in [0.15, 0.2) is 0 Å². The largest absolute Gasteiger partial charge is 0.495 e. The molecule has 0 unspecified atom stereocenters. The number of nitriles is 1. The molecule has 0 amide bonds. The van der Waals surface area contributed by atoms with Gasteiger partial charge in [0, 0.05) is 13.1 Å². The first-order valence-corrected chi connectivity index (χ1v) is 7.10. The Labute approximate surface area is 126 Å². The van der Waals surface area contributed by atoms with Crippen molar-refractivity contribution in [1.82, 2.24) is 4.90 Å². The van der Waals surface area contributed by atoms with Gasteiger partial charge in [-0.2, -0.15) is 5.26 Å². The summed E-state index contributed by atoms with van der Waals surface area (Å²) in [6.07, 6.45) is 0. The number of benzene rings is 2. The minimum Gasteiger partial charge on any atom is -0.495 e. The fourth-order valence-corrected chi connectivity index (χ4v) is 2.32. The van der Waals surface area contributed by atoms with E-state index in [-0.39, 0.29) is 0 Å². The summed E-state index contributed by atoms with van der Waals surface area (Å²) in [5.74, 6) is 0.632. The van der Waals surface area contributed by atoms with E-state index in [1.807, 2.05) is 24.3 Å². The number of ether oxygens (including phenoxy) is 1. The highest BCUT2D eigenvalue weighted by Crippen LogP contribution is 2.20. The van der Waals surface area contributed by atoms with E-state index < -0.39 is 0 Å². The molecule has 2 aromatic carbocycles. The molecule has 0 fully saturated rings. The van der Waals surface area contributed by atoms with Crippen LogP contribution in [0.2, 0.25) is 0 Å². The average molecular weight is 280 g/mol. The van der Waals surface area contributed by atoms with E-state index in [0.29, 0.717) is 11.3 Å². The summed E-state index contributed by atoms with van der Waals surface area (Å²) < 4.78 is 5.18. The van der Waals surface area contributed by atoms with Gasteiger partial charge in [-0.3, -0.25) is 4.90 Å². The molecule has 2 aromatic rings. The maximum absolute atomic E-state index is 9.16. The normalized spacial score (nSPS) is 10.4. The van der Waals surface area contributed by atoms with E-state index in [2.05, 4.69) is 42.2 Å². The Bertz CT molecular complexity index is 617. The van der Waals surface area contributed by atoms with Crippen molar-refractivity contribution in [2.75, 3.05) is 13.7 Å². The highest BCUT2D eigenvalue weighted by atomic mass is 16.5. The fourth-order valence-electron chi connectivity index (χ4n) is 2.32. The maximum atomic E-state index is 9.16. The van der Waals surface area contributed by atoms with E-state index in [1.54, 1.807) is 7.11 Å². The summed E-state index contributed by atoms with van der Waals surface area (Å²) >= 11 is 0. The molecule has 0 radical (unpaired) electrons. The lowest BCUT2D eigenvalue weighted by atomic mass is 10.1. The Morgan fingerprint density at radius 3 is 2.38 bits per heavy atom. The van der Waals surface area contributed by atoms with Crippen molar-refractivity contribution in [2.45, 2.75) is 20.0 Å². The van der Waals surface area contributed by atoms with Gasteiger partial charge in [0.05, 0.1) is 12.7 Å². The van der Waals surface area contributed by atoms with E-state index in [1.165, 1.54) is 5.56 Å². The molecule has 0 saturated heterocycles. The lowest BCUT2D eigenvalue weighted by molar-refractivity contribution is 0.271. The molecule has 0 heterocycles. The Morgan fingerprint density at radius 1 is 1.05 bits per heavy atom. The molecule has 0 aliphatic heterocycles. The van der Waals surface area contributed by atoms with Crippen LogP contribution in [0, 0.1) is 11.3 Å². The second-order valence-corrected chi connectivity index (χ2v) is 4.94. The van der Waals surface area contributed by atoms with Gasteiger partial charge in [-0.25, -0.2) is 0 Å². The van der Waals surface area contributed by atoms with Crippen molar-refractivity contribution >= 4 is 0 Å². The average Bonchev–Trinajstić information content (AvgIpc) is 2.55. The SMILES string of the molecule is CCN(Cc1ccccc1)Cc1ccc(OC)c(C#N)c1. The molecule has 21 heavy (non-hydrogen) atoms. The molecular formula is C18H20N2O. The Kier molecular flexibility index (Phi) is 5.36. The van der Waals surface area contributed by atoms with Gasteiger partial charge in [-0.15, -0.1) is 0 Å². The predicted octanol–water partition coefficient (Wildman–Crippen LogP) is 3.59. The topological polar surface area (TPSA) is 36.3 Å². The summed E-state index contributed by atoms with van der Waals surface area (Å²) in [6, 6.07) is 18.4. The zero-order chi connectivity index (χ0) is 15.1. The standard InChI is InChI=1S/C18H20N2O/c1-3-20(13-15-7-5-4-6-8-15)14-16-9-10-18(21-2)17(11-16)12-19/h4-11H,3,13-14H2,1-2H3. The van der Waals surface area contributed by atoms with Gasteiger partial charge in [0.1, 0.15) is 11.8 Å². The summed E-state index contributed by atoms with van der Waals surface area (Å²) in [4.78, 5) is 2.35. The van der Waals surface area contributed by atoms with Crippen LogP contribution in [0.3, 0.4) is 0 Å². The monoisotopic (exact) mass is 280 g/mol. The van der Waals surface area contributed by atoms with Crippen molar-refractivity contribution in [3.63, 3.8) is 0 Å². The van der Waals surface area contributed by atoms with Crippen LogP contribution in [-0.2, 0) is 13.1 Å². The molecule has 2 rings (SSSR count). The van der Waals surface area contributed by atoms with Gasteiger partial charge < -0.3 is 4.74 Å². The summed E-state index contributed by atoms with van der Waals surface area (Å²) in [6.45, 7) is 4.84. The molecule has 0 N–H and O–H groups in total. The predicted molar refractivity (Wildman–Crippen MR) is 83.9 cm³/mol. The van der Waals surface area contributed by atoms with Crippen LogP contribution in [0.4, 0.5) is 0 Å². The van der Waals surface area contributed by atoms with Crippen LogP contribution in [-0.4, -0.2) is 18.6 Å². The summed E-state index contributed by atoms with van der Waals surface area (Å²) in [5, 5.41) is 9.16. The molecule has 0 saturated carbocycles. The van der Waals surface area contributed by atoms with Gasteiger partial charge in [0.2, 0.25) is 0 Å². The smallest absolute Gasteiger partial charge is 0.136 e. The quantitative estimate of drug-likeness (QED) is 0.811. The van der Waals surface area contributed by atoms with Crippen LogP contribution >= 0.6 is 0 Å². The van der Waals surface area contributed by atoms with Crippen LogP contribution in [0.1, 0.15) is 23.6 Å². The zero-order valence-electron chi connectivity index (χ0n) is 12.5. The molecule has 0 aromatic heterocycles. The molecule has 0 bridgehead atoms. The molecule has 0 atom stereocenters. The number of hydrogen-bond donors (Lipinski definition) is 0. The molecule has 3 nitrogen and oxygen atoms in total.